The summed E-state index contributed by atoms with van der Waals surface area (Å²) in [5.41, 5.74) is 10.9. The summed E-state index contributed by atoms with van der Waals surface area (Å²) in [4.78, 5) is 62.7. The highest BCUT2D eigenvalue weighted by molar-refractivity contribution is 5.98. The van der Waals surface area contributed by atoms with Gasteiger partial charge >= 0.3 is 12.1 Å². The summed E-state index contributed by atoms with van der Waals surface area (Å²) in [6.07, 6.45) is 0.00106. The van der Waals surface area contributed by atoms with Crippen LogP contribution in [-0.4, -0.2) is 93.2 Å². The number of anilines is 1. The molecule has 55 heavy (non-hydrogen) atoms. The van der Waals surface area contributed by atoms with Gasteiger partial charge in [0.05, 0.1) is 33.0 Å². The van der Waals surface area contributed by atoms with E-state index in [1.807, 2.05) is 24.3 Å². The molecule has 0 aromatic heterocycles. The quantitative estimate of drug-likeness (QED) is 0.0747. The molecule has 2 atom stereocenters. The number of rotatable bonds is 22. The third-order valence-electron chi connectivity index (χ3n) is 8.98. The van der Waals surface area contributed by atoms with Gasteiger partial charge < -0.3 is 51.6 Å². The Bertz CT molecular complexity index is 1690. The molecule has 3 aromatic carbocycles. The van der Waals surface area contributed by atoms with Crippen molar-refractivity contribution in [3.8, 4) is 11.1 Å². The summed E-state index contributed by atoms with van der Waals surface area (Å²) in [6.45, 7) is 4.88. The Hall–Kier alpha value is -5.51. The third-order valence-corrected chi connectivity index (χ3v) is 8.98. The second-order valence-corrected chi connectivity index (χ2v) is 13.4. The number of hydrogen-bond donors (Lipinski definition) is 7. The topological polar surface area (TPSA) is 219 Å². The molecular formula is C40H52N6O9. The molecule has 0 bridgehead atoms. The first-order valence-corrected chi connectivity index (χ1v) is 18.4. The first-order valence-electron chi connectivity index (χ1n) is 18.4. The van der Waals surface area contributed by atoms with Crippen LogP contribution < -0.4 is 32.3 Å². The lowest BCUT2D eigenvalue weighted by atomic mass is 9.98. The molecule has 0 spiro atoms. The fourth-order valence-corrected chi connectivity index (χ4v) is 6.11. The van der Waals surface area contributed by atoms with Gasteiger partial charge in [0, 0.05) is 31.1 Å². The average molecular weight is 761 g/mol. The Balaban J connectivity index is 1.11. The van der Waals surface area contributed by atoms with Crippen LogP contribution in [0.3, 0.4) is 0 Å². The van der Waals surface area contributed by atoms with Gasteiger partial charge in [0.25, 0.3) is 0 Å². The molecule has 0 radical (unpaired) electrons. The van der Waals surface area contributed by atoms with Crippen molar-refractivity contribution in [1.82, 2.24) is 21.3 Å². The number of fused-ring (bicyclic) bond motifs is 3. The van der Waals surface area contributed by atoms with Gasteiger partial charge in [-0.05, 0) is 58.7 Å². The van der Waals surface area contributed by atoms with E-state index in [-0.39, 0.29) is 77.4 Å². The fraction of sp³-hybridized carbons (Fsp3) is 0.425. The Kier molecular flexibility index (Phi) is 16.9. The number of nitrogens with two attached hydrogens (primary N) is 1. The highest BCUT2D eigenvalue weighted by atomic mass is 16.6. The van der Waals surface area contributed by atoms with Gasteiger partial charge in [0.2, 0.25) is 17.7 Å². The van der Waals surface area contributed by atoms with Gasteiger partial charge in [-0.25, -0.2) is 9.59 Å². The minimum Gasteiger partial charge on any atom is -0.449 e. The van der Waals surface area contributed by atoms with E-state index in [1.165, 1.54) is 0 Å². The Labute approximate surface area is 321 Å². The Morgan fingerprint density at radius 3 is 2.02 bits per heavy atom. The number of ether oxygens (including phenoxy) is 3. The third kappa shape index (κ3) is 13.4. The molecule has 296 valence electrons. The monoisotopic (exact) mass is 760 g/mol. The normalized spacial score (nSPS) is 12.9. The summed E-state index contributed by atoms with van der Waals surface area (Å²) < 4.78 is 16.6. The second-order valence-electron chi connectivity index (χ2n) is 13.4. The highest BCUT2D eigenvalue weighted by Crippen LogP contribution is 2.44. The number of aliphatic hydroxyl groups excluding tert-OH is 1. The number of alkyl carbamates (subject to hydrolysis) is 1. The molecule has 0 heterocycles. The van der Waals surface area contributed by atoms with Gasteiger partial charge in [-0.1, -0.05) is 74.5 Å². The van der Waals surface area contributed by atoms with E-state index in [1.54, 1.807) is 38.1 Å². The zero-order valence-corrected chi connectivity index (χ0v) is 31.3. The predicted molar refractivity (Wildman–Crippen MR) is 206 cm³/mol. The molecule has 15 heteroatoms. The van der Waals surface area contributed by atoms with Crippen LogP contribution in [0.1, 0.15) is 55.7 Å². The number of carbonyl (C=O) groups excluding carboxylic acids is 5. The van der Waals surface area contributed by atoms with E-state index in [0.717, 1.165) is 22.3 Å². The summed E-state index contributed by atoms with van der Waals surface area (Å²) >= 11 is 0. The predicted octanol–water partition coefficient (Wildman–Crippen LogP) is 3.15. The number of benzene rings is 3. The molecule has 4 rings (SSSR count). The van der Waals surface area contributed by atoms with E-state index < -0.39 is 41.9 Å². The highest BCUT2D eigenvalue weighted by Gasteiger charge is 2.30. The number of hydrogen-bond acceptors (Lipinski definition) is 9. The smallest absolute Gasteiger partial charge is 0.407 e. The zero-order valence-electron chi connectivity index (χ0n) is 31.3. The molecule has 1 aliphatic rings. The minimum absolute atomic E-state index is 0.00756. The number of primary amides is 1. The maximum atomic E-state index is 13.3. The van der Waals surface area contributed by atoms with Crippen molar-refractivity contribution in [2.75, 3.05) is 51.4 Å². The van der Waals surface area contributed by atoms with Gasteiger partial charge in [-0.3, -0.25) is 14.4 Å². The van der Waals surface area contributed by atoms with E-state index in [0.29, 0.717) is 17.7 Å². The lowest BCUT2D eigenvalue weighted by molar-refractivity contribution is -0.132. The second kappa shape index (κ2) is 22.0. The number of urea groups is 1. The maximum Gasteiger partial charge on any atom is 0.407 e. The van der Waals surface area contributed by atoms with Crippen LogP contribution >= 0.6 is 0 Å². The van der Waals surface area contributed by atoms with Crippen LogP contribution in [0.5, 0.6) is 0 Å². The molecule has 15 nitrogen and oxygen atoms in total. The van der Waals surface area contributed by atoms with Crippen LogP contribution in [0.4, 0.5) is 15.3 Å². The van der Waals surface area contributed by atoms with E-state index in [2.05, 4.69) is 50.8 Å². The van der Waals surface area contributed by atoms with Gasteiger partial charge in [-0.15, -0.1) is 0 Å². The van der Waals surface area contributed by atoms with E-state index in [9.17, 15) is 29.1 Å². The molecule has 0 fully saturated rings. The Morgan fingerprint density at radius 2 is 1.40 bits per heavy atom. The summed E-state index contributed by atoms with van der Waals surface area (Å²) in [5.74, 6) is -1.75. The van der Waals surface area contributed by atoms with Crippen LogP contribution in [0.2, 0.25) is 0 Å². The molecule has 0 saturated heterocycles. The molecular weight excluding hydrogens is 708 g/mol. The largest absolute Gasteiger partial charge is 0.449 e. The lowest BCUT2D eigenvalue weighted by Gasteiger charge is -2.25. The molecule has 3 aromatic rings. The van der Waals surface area contributed by atoms with Gasteiger partial charge in [-0.2, -0.15) is 0 Å². The fourth-order valence-electron chi connectivity index (χ4n) is 6.11. The van der Waals surface area contributed by atoms with Crippen LogP contribution in [0.15, 0.2) is 72.8 Å². The first kappa shape index (κ1) is 42.2. The Morgan fingerprint density at radius 1 is 0.764 bits per heavy atom. The molecule has 0 saturated carbocycles. The van der Waals surface area contributed by atoms with Crippen molar-refractivity contribution in [3.63, 3.8) is 0 Å². The number of nitrogens with one attached hydrogen (secondary N) is 5. The van der Waals surface area contributed by atoms with Crippen molar-refractivity contribution in [1.29, 1.82) is 0 Å². The number of aliphatic hydroxyl groups is 1. The molecule has 0 aliphatic heterocycles. The SMILES string of the molecule is CC(C)[C@H](NC(=O)CCOCCOCCNC(=O)OCC1c2ccccc2-c2ccccc21)C(=O)N[C@@H](CCCNC(N)=O)C(=O)Nc1ccc(CO)cc1. The van der Waals surface area contributed by atoms with Gasteiger partial charge in [0.15, 0.2) is 0 Å². The van der Waals surface area contributed by atoms with E-state index >= 15 is 0 Å². The average Bonchev–Trinajstić information content (AvgIpc) is 3.49. The van der Waals surface area contributed by atoms with Crippen LogP contribution in [-0.2, 0) is 35.2 Å². The zero-order chi connectivity index (χ0) is 39.6. The number of amides is 6. The van der Waals surface area contributed by atoms with E-state index in [4.69, 9.17) is 19.9 Å². The van der Waals surface area contributed by atoms with Crippen molar-refractivity contribution < 1.29 is 43.3 Å². The van der Waals surface area contributed by atoms with Crippen molar-refractivity contribution in [2.45, 2.75) is 57.7 Å². The maximum absolute atomic E-state index is 13.3. The standard InChI is InChI=1S/C40H52N6O9/c1-26(2)36(38(50)45-34(12-7-18-42-39(41)51)37(49)44-28-15-13-27(24-47)14-16-28)46-35(48)17-20-53-22-23-54-21-19-43-40(52)55-25-33-31-10-5-3-8-29(31)30-9-4-6-11-32(30)33/h3-6,8-11,13-16,26,33-34,36,47H,7,12,17-25H2,1-2H3,(H,43,52)(H,44,49)(H,45,50)(H,46,48)(H3,41,42,51)/t34-,36-/m0/s1. The first-order chi connectivity index (χ1) is 26.6. The lowest BCUT2D eigenvalue weighted by Crippen LogP contribution is -2.54. The van der Waals surface area contributed by atoms with Gasteiger partial charge in [0.1, 0.15) is 18.7 Å². The molecule has 0 unspecified atom stereocenters. The summed E-state index contributed by atoms with van der Waals surface area (Å²) in [7, 11) is 0. The molecule has 6 amide bonds. The van der Waals surface area contributed by atoms with Crippen molar-refractivity contribution >= 4 is 35.5 Å². The molecule has 8 N–H and O–H groups in total. The van der Waals surface area contributed by atoms with Crippen LogP contribution in [0.25, 0.3) is 11.1 Å². The minimum atomic E-state index is -0.977. The van der Waals surface area contributed by atoms with Crippen LogP contribution in [0, 0.1) is 5.92 Å². The summed E-state index contributed by atoms with van der Waals surface area (Å²) in [6, 6.07) is 20.3. The van der Waals surface area contributed by atoms with Crippen molar-refractivity contribution in [3.05, 3.63) is 89.5 Å². The number of carbonyl (C=O) groups is 5. The molecule has 1 aliphatic carbocycles. The summed E-state index contributed by atoms with van der Waals surface area (Å²) in [5, 5.41) is 22.7. The van der Waals surface area contributed by atoms with Crippen molar-refractivity contribution in [2.24, 2.45) is 11.7 Å².